The maximum Gasteiger partial charge on any atom is 0.344 e. The number of aromatic nitrogens is 2. The SMILES string of the molecule is NC(=O)c1ccccc1OCC(=O)OCc1nnc(-c2ccco2)o1. The van der Waals surface area contributed by atoms with Gasteiger partial charge < -0.3 is 24.0 Å². The summed E-state index contributed by atoms with van der Waals surface area (Å²) in [6.07, 6.45) is 1.47. The van der Waals surface area contributed by atoms with Crippen molar-refractivity contribution in [3.8, 4) is 17.4 Å². The van der Waals surface area contributed by atoms with Gasteiger partial charge in [-0.3, -0.25) is 4.79 Å². The molecule has 128 valence electrons. The summed E-state index contributed by atoms with van der Waals surface area (Å²) in [4.78, 5) is 23.0. The van der Waals surface area contributed by atoms with Gasteiger partial charge in [-0.15, -0.1) is 10.2 Å². The van der Waals surface area contributed by atoms with Crippen LogP contribution in [0.3, 0.4) is 0 Å². The van der Waals surface area contributed by atoms with Crippen LogP contribution >= 0.6 is 0 Å². The van der Waals surface area contributed by atoms with Gasteiger partial charge in [-0.05, 0) is 24.3 Å². The minimum atomic E-state index is -0.669. The van der Waals surface area contributed by atoms with E-state index in [1.807, 2.05) is 0 Å². The van der Waals surface area contributed by atoms with Crippen molar-refractivity contribution >= 4 is 11.9 Å². The quantitative estimate of drug-likeness (QED) is 0.639. The first-order chi connectivity index (χ1) is 12.1. The molecule has 25 heavy (non-hydrogen) atoms. The van der Waals surface area contributed by atoms with Crippen molar-refractivity contribution in [1.82, 2.24) is 10.2 Å². The van der Waals surface area contributed by atoms with Crippen molar-refractivity contribution in [3.05, 3.63) is 54.1 Å². The van der Waals surface area contributed by atoms with Crippen LogP contribution in [0.1, 0.15) is 16.2 Å². The standard InChI is InChI=1S/C16H13N3O6/c17-15(21)10-4-1-2-5-11(10)23-9-14(20)24-8-13-18-19-16(25-13)12-6-3-7-22-12/h1-7H,8-9H2,(H2,17,21). The summed E-state index contributed by atoms with van der Waals surface area (Å²) in [7, 11) is 0. The van der Waals surface area contributed by atoms with E-state index >= 15 is 0 Å². The van der Waals surface area contributed by atoms with Crippen LogP contribution in [0.15, 0.2) is 51.5 Å². The zero-order valence-corrected chi connectivity index (χ0v) is 12.9. The van der Waals surface area contributed by atoms with Gasteiger partial charge >= 0.3 is 5.97 Å². The highest BCUT2D eigenvalue weighted by molar-refractivity contribution is 5.95. The molecule has 3 aromatic rings. The van der Waals surface area contributed by atoms with Crippen LogP contribution < -0.4 is 10.5 Å². The molecule has 1 aromatic carbocycles. The van der Waals surface area contributed by atoms with Gasteiger partial charge in [-0.1, -0.05) is 12.1 Å². The number of benzene rings is 1. The Balaban J connectivity index is 1.51. The normalized spacial score (nSPS) is 10.4. The van der Waals surface area contributed by atoms with Crippen molar-refractivity contribution in [2.45, 2.75) is 6.61 Å². The van der Waals surface area contributed by atoms with Crippen LogP contribution in [0, 0.1) is 0 Å². The average Bonchev–Trinajstić information content (AvgIpc) is 3.29. The van der Waals surface area contributed by atoms with E-state index < -0.39 is 18.5 Å². The summed E-state index contributed by atoms with van der Waals surface area (Å²) in [5.74, 6) is -0.418. The number of para-hydroxylation sites is 1. The second-order valence-electron chi connectivity index (χ2n) is 4.79. The molecule has 9 nitrogen and oxygen atoms in total. The lowest BCUT2D eigenvalue weighted by Crippen LogP contribution is -2.18. The first-order valence-electron chi connectivity index (χ1n) is 7.17. The van der Waals surface area contributed by atoms with E-state index in [1.165, 1.54) is 18.4 Å². The highest BCUT2D eigenvalue weighted by Crippen LogP contribution is 2.19. The monoisotopic (exact) mass is 343 g/mol. The number of nitrogens with two attached hydrogens (primary N) is 1. The number of amides is 1. The molecule has 9 heteroatoms. The topological polar surface area (TPSA) is 131 Å². The molecule has 0 saturated heterocycles. The summed E-state index contributed by atoms with van der Waals surface area (Å²) in [6.45, 7) is -0.614. The summed E-state index contributed by atoms with van der Waals surface area (Å²) < 4.78 is 20.6. The van der Waals surface area contributed by atoms with Crippen LogP contribution in [0.2, 0.25) is 0 Å². The molecular weight excluding hydrogens is 330 g/mol. The van der Waals surface area contributed by atoms with Crippen LogP contribution in [0.25, 0.3) is 11.7 Å². The molecule has 0 aliphatic heterocycles. The summed E-state index contributed by atoms with van der Waals surface area (Å²) in [5, 5.41) is 7.52. The highest BCUT2D eigenvalue weighted by atomic mass is 16.6. The van der Waals surface area contributed by atoms with E-state index in [-0.39, 0.29) is 29.7 Å². The summed E-state index contributed by atoms with van der Waals surface area (Å²) in [5.41, 5.74) is 5.40. The smallest absolute Gasteiger partial charge is 0.344 e. The van der Waals surface area contributed by atoms with Gasteiger partial charge in [0, 0.05) is 0 Å². The molecule has 0 radical (unpaired) electrons. The highest BCUT2D eigenvalue weighted by Gasteiger charge is 2.14. The Hall–Kier alpha value is -3.62. The first-order valence-corrected chi connectivity index (χ1v) is 7.17. The van der Waals surface area contributed by atoms with Crippen molar-refractivity contribution in [1.29, 1.82) is 0 Å². The van der Waals surface area contributed by atoms with Gasteiger partial charge in [0.2, 0.25) is 0 Å². The molecule has 1 amide bonds. The number of ether oxygens (including phenoxy) is 2. The van der Waals surface area contributed by atoms with Gasteiger partial charge in [0.1, 0.15) is 5.75 Å². The lowest BCUT2D eigenvalue weighted by atomic mass is 10.2. The molecular formula is C16H13N3O6. The predicted molar refractivity (Wildman–Crippen MR) is 82.3 cm³/mol. The molecule has 0 atom stereocenters. The lowest BCUT2D eigenvalue weighted by molar-refractivity contribution is -0.148. The molecule has 2 aromatic heterocycles. The van der Waals surface area contributed by atoms with Gasteiger partial charge in [-0.2, -0.15) is 0 Å². The first kappa shape index (κ1) is 16.2. The molecule has 0 fully saturated rings. The van der Waals surface area contributed by atoms with Crippen LogP contribution in [0.5, 0.6) is 5.75 Å². The largest absolute Gasteiger partial charge is 0.481 e. The zero-order valence-electron chi connectivity index (χ0n) is 12.9. The van der Waals surface area contributed by atoms with E-state index in [1.54, 1.807) is 24.3 Å². The second kappa shape index (κ2) is 7.30. The van der Waals surface area contributed by atoms with Crippen molar-refractivity contribution in [2.24, 2.45) is 5.73 Å². The Morgan fingerprint density at radius 1 is 1.12 bits per heavy atom. The van der Waals surface area contributed by atoms with Crippen molar-refractivity contribution < 1.29 is 27.9 Å². The number of hydrogen-bond acceptors (Lipinski definition) is 8. The minimum Gasteiger partial charge on any atom is -0.481 e. The Labute approximate surface area is 141 Å². The van der Waals surface area contributed by atoms with Crippen LogP contribution in [0.4, 0.5) is 0 Å². The molecule has 0 spiro atoms. The van der Waals surface area contributed by atoms with Crippen LogP contribution in [-0.4, -0.2) is 28.7 Å². The number of furan rings is 1. The number of carbonyl (C=O) groups is 2. The van der Waals surface area contributed by atoms with Gasteiger partial charge in [0.25, 0.3) is 17.7 Å². The fourth-order valence-corrected chi connectivity index (χ4v) is 1.93. The fraction of sp³-hybridized carbons (Fsp3) is 0.125. The number of rotatable bonds is 7. The molecule has 2 heterocycles. The Morgan fingerprint density at radius 3 is 2.72 bits per heavy atom. The van der Waals surface area contributed by atoms with E-state index in [2.05, 4.69) is 10.2 Å². The minimum absolute atomic E-state index is 0.109. The molecule has 0 unspecified atom stereocenters. The predicted octanol–water partition coefficient (Wildman–Crippen LogP) is 1.55. The fourth-order valence-electron chi connectivity index (χ4n) is 1.93. The molecule has 3 rings (SSSR count). The second-order valence-corrected chi connectivity index (χ2v) is 4.79. The summed E-state index contributed by atoms with van der Waals surface area (Å²) in [6, 6.07) is 9.66. The molecule has 0 aliphatic carbocycles. The molecule has 0 aliphatic rings. The average molecular weight is 343 g/mol. The molecule has 2 N–H and O–H groups in total. The number of nitrogens with zero attached hydrogens (tertiary/aromatic N) is 2. The maximum atomic E-state index is 11.7. The third-order valence-electron chi connectivity index (χ3n) is 3.05. The number of carbonyl (C=O) groups excluding carboxylic acids is 2. The third kappa shape index (κ3) is 4.02. The van der Waals surface area contributed by atoms with Crippen molar-refractivity contribution in [2.75, 3.05) is 6.61 Å². The Morgan fingerprint density at radius 2 is 1.96 bits per heavy atom. The number of esters is 1. The van der Waals surface area contributed by atoms with Gasteiger partial charge in [-0.25, -0.2) is 4.79 Å². The number of primary amides is 1. The van der Waals surface area contributed by atoms with Crippen molar-refractivity contribution in [3.63, 3.8) is 0 Å². The molecule has 0 bridgehead atoms. The Bertz CT molecular complexity index is 872. The Kier molecular flexibility index (Phi) is 4.74. The number of hydrogen-bond donors (Lipinski definition) is 1. The van der Waals surface area contributed by atoms with Gasteiger partial charge in [0.15, 0.2) is 19.0 Å². The summed E-state index contributed by atoms with van der Waals surface area (Å²) >= 11 is 0. The van der Waals surface area contributed by atoms with E-state index in [0.717, 1.165) is 0 Å². The zero-order chi connectivity index (χ0) is 17.6. The van der Waals surface area contributed by atoms with Gasteiger partial charge in [0.05, 0.1) is 11.8 Å². The van der Waals surface area contributed by atoms with E-state index in [9.17, 15) is 9.59 Å². The van der Waals surface area contributed by atoms with E-state index in [0.29, 0.717) is 5.76 Å². The molecule has 0 saturated carbocycles. The van der Waals surface area contributed by atoms with E-state index in [4.69, 9.17) is 24.0 Å². The third-order valence-corrected chi connectivity index (χ3v) is 3.05. The maximum absolute atomic E-state index is 11.7. The van der Waals surface area contributed by atoms with Crippen LogP contribution in [-0.2, 0) is 16.1 Å². The lowest BCUT2D eigenvalue weighted by Gasteiger charge is -2.08.